The number of likely N-dealkylation sites (N-methyl/N-ethyl adjacent to an activating group) is 1. The molecule has 34 heavy (non-hydrogen) atoms. The van der Waals surface area contributed by atoms with Crippen LogP contribution in [0.2, 0.25) is 5.02 Å². The number of anilines is 2. The van der Waals surface area contributed by atoms with Gasteiger partial charge in [0.25, 0.3) is 11.8 Å². The summed E-state index contributed by atoms with van der Waals surface area (Å²) >= 11 is 6.04. The van der Waals surface area contributed by atoms with Gasteiger partial charge in [-0.3, -0.25) is 14.4 Å². The van der Waals surface area contributed by atoms with Crippen LogP contribution in [0.25, 0.3) is 0 Å². The smallest absolute Gasteiger partial charge is 0.279 e. The van der Waals surface area contributed by atoms with Crippen LogP contribution < -0.4 is 15.5 Å². The second-order valence-electron chi connectivity index (χ2n) is 7.51. The van der Waals surface area contributed by atoms with Crippen LogP contribution in [0.5, 0.6) is 0 Å². The number of nitrogens with one attached hydrogen (secondary N) is 3. The first kappa shape index (κ1) is 24.9. The SMILES string of the molecule is C[NH+](CC(=O)Nc1ccc(Cl)cc1C(=O)c1ccccc1)CC(=O)Nc1ccc(F)c(F)c1F. The van der Waals surface area contributed by atoms with Crippen molar-refractivity contribution in [2.24, 2.45) is 0 Å². The van der Waals surface area contributed by atoms with Crippen LogP contribution in [0.1, 0.15) is 15.9 Å². The van der Waals surface area contributed by atoms with Gasteiger partial charge in [-0.1, -0.05) is 41.9 Å². The summed E-state index contributed by atoms with van der Waals surface area (Å²) in [5.41, 5.74) is 0.371. The lowest BCUT2D eigenvalue weighted by Crippen LogP contribution is -3.11. The maximum Gasteiger partial charge on any atom is 0.279 e. The van der Waals surface area contributed by atoms with Crippen LogP contribution in [0.3, 0.4) is 0 Å². The van der Waals surface area contributed by atoms with Crippen molar-refractivity contribution in [2.75, 3.05) is 30.8 Å². The van der Waals surface area contributed by atoms with Crippen molar-refractivity contribution in [3.05, 3.63) is 94.3 Å². The average Bonchev–Trinajstić information content (AvgIpc) is 2.80. The Hall–Kier alpha value is -3.69. The second-order valence-corrected chi connectivity index (χ2v) is 7.95. The number of ketones is 1. The lowest BCUT2D eigenvalue weighted by atomic mass is 10.0. The number of hydrogen-bond donors (Lipinski definition) is 3. The van der Waals surface area contributed by atoms with Gasteiger partial charge in [0, 0.05) is 16.1 Å². The van der Waals surface area contributed by atoms with Crippen molar-refractivity contribution < 1.29 is 32.5 Å². The minimum Gasteiger partial charge on any atom is -0.322 e. The zero-order valence-electron chi connectivity index (χ0n) is 17.9. The molecular weight excluding hydrogens is 471 g/mol. The number of hydrogen-bond acceptors (Lipinski definition) is 3. The molecule has 3 N–H and O–H groups in total. The van der Waals surface area contributed by atoms with E-state index in [0.29, 0.717) is 21.6 Å². The molecule has 0 saturated carbocycles. The van der Waals surface area contributed by atoms with Gasteiger partial charge in [0.05, 0.1) is 18.4 Å². The summed E-state index contributed by atoms with van der Waals surface area (Å²) in [6.45, 7) is -0.433. The van der Waals surface area contributed by atoms with Gasteiger partial charge in [0.15, 0.2) is 36.3 Å². The molecular formula is C24H20ClF3N3O3+. The Kier molecular flexibility index (Phi) is 8.04. The number of carbonyl (C=O) groups is 3. The highest BCUT2D eigenvalue weighted by Crippen LogP contribution is 2.24. The van der Waals surface area contributed by atoms with E-state index in [1.54, 1.807) is 37.4 Å². The third-order valence-electron chi connectivity index (χ3n) is 4.77. The minimum absolute atomic E-state index is 0.171. The van der Waals surface area contributed by atoms with Crippen LogP contribution in [0, 0.1) is 17.5 Å². The molecule has 0 aliphatic carbocycles. The highest BCUT2D eigenvalue weighted by atomic mass is 35.5. The summed E-state index contributed by atoms with van der Waals surface area (Å²) in [7, 11) is 1.54. The molecule has 1 unspecified atom stereocenters. The Labute approximate surface area is 198 Å². The quantitative estimate of drug-likeness (QED) is 0.335. The highest BCUT2D eigenvalue weighted by molar-refractivity contribution is 6.31. The summed E-state index contributed by atoms with van der Waals surface area (Å²) in [5.74, 6) is -6.10. The summed E-state index contributed by atoms with van der Waals surface area (Å²) < 4.78 is 40.1. The molecule has 3 aromatic rings. The summed E-state index contributed by atoms with van der Waals surface area (Å²) in [5, 5.41) is 5.11. The van der Waals surface area contributed by atoms with E-state index in [1.807, 2.05) is 0 Å². The Morgan fingerprint density at radius 1 is 0.824 bits per heavy atom. The van der Waals surface area contributed by atoms with Crippen LogP contribution in [0.4, 0.5) is 24.5 Å². The Balaban J connectivity index is 1.63. The minimum atomic E-state index is -1.69. The van der Waals surface area contributed by atoms with E-state index in [0.717, 1.165) is 6.07 Å². The number of halogens is 4. The first-order chi connectivity index (χ1) is 16.2. The number of rotatable bonds is 8. The number of quaternary nitrogens is 1. The zero-order chi connectivity index (χ0) is 24.8. The van der Waals surface area contributed by atoms with Crippen molar-refractivity contribution in [1.82, 2.24) is 0 Å². The van der Waals surface area contributed by atoms with E-state index >= 15 is 0 Å². The third-order valence-corrected chi connectivity index (χ3v) is 5.01. The van der Waals surface area contributed by atoms with E-state index in [1.165, 1.54) is 18.2 Å². The molecule has 3 rings (SSSR count). The van der Waals surface area contributed by atoms with Gasteiger partial charge in [-0.15, -0.1) is 0 Å². The fourth-order valence-corrected chi connectivity index (χ4v) is 3.35. The molecule has 0 bridgehead atoms. The van der Waals surface area contributed by atoms with E-state index in [9.17, 15) is 27.6 Å². The normalized spacial score (nSPS) is 11.6. The van der Waals surface area contributed by atoms with Gasteiger partial charge >= 0.3 is 0 Å². The van der Waals surface area contributed by atoms with Gasteiger partial charge in [-0.05, 0) is 30.3 Å². The van der Waals surface area contributed by atoms with Crippen molar-refractivity contribution >= 4 is 40.6 Å². The molecule has 0 saturated heterocycles. The van der Waals surface area contributed by atoms with Crippen LogP contribution in [0.15, 0.2) is 60.7 Å². The average molecular weight is 491 g/mol. The van der Waals surface area contributed by atoms with Crippen LogP contribution in [-0.2, 0) is 9.59 Å². The van der Waals surface area contributed by atoms with Gasteiger partial charge < -0.3 is 15.5 Å². The molecule has 3 aromatic carbocycles. The van der Waals surface area contributed by atoms with E-state index in [4.69, 9.17) is 11.6 Å². The van der Waals surface area contributed by atoms with Crippen molar-refractivity contribution in [1.29, 1.82) is 0 Å². The fourth-order valence-electron chi connectivity index (χ4n) is 3.18. The first-order valence-corrected chi connectivity index (χ1v) is 10.5. The monoisotopic (exact) mass is 490 g/mol. The molecule has 0 aliphatic rings. The third kappa shape index (κ3) is 6.21. The molecule has 0 spiro atoms. The molecule has 10 heteroatoms. The van der Waals surface area contributed by atoms with Crippen LogP contribution in [-0.4, -0.2) is 37.7 Å². The molecule has 1 atom stereocenters. The number of benzene rings is 3. The number of carbonyl (C=O) groups excluding carboxylic acids is 3. The lowest BCUT2D eigenvalue weighted by molar-refractivity contribution is -0.862. The highest BCUT2D eigenvalue weighted by Gasteiger charge is 2.20. The van der Waals surface area contributed by atoms with E-state index in [2.05, 4.69) is 10.6 Å². The van der Waals surface area contributed by atoms with Gasteiger partial charge in [0.2, 0.25) is 0 Å². The zero-order valence-corrected chi connectivity index (χ0v) is 18.7. The molecule has 0 aliphatic heterocycles. The molecule has 6 nitrogen and oxygen atoms in total. The molecule has 176 valence electrons. The summed E-state index contributed by atoms with van der Waals surface area (Å²) in [6.07, 6.45) is 0. The van der Waals surface area contributed by atoms with Crippen molar-refractivity contribution in [3.8, 4) is 0 Å². The lowest BCUT2D eigenvalue weighted by Gasteiger charge is -2.15. The summed E-state index contributed by atoms with van der Waals surface area (Å²) in [6, 6.07) is 14.6. The van der Waals surface area contributed by atoms with Crippen molar-refractivity contribution in [3.63, 3.8) is 0 Å². The maximum absolute atomic E-state index is 13.7. The van der Waals surface area contributed by atoms with E-state index in [-0.39, 0.29) is 30.1 Å². The Morgan fingerprint density at radius 3 is 2.06 bits per heavy atom. The van der Waals surface area contributed by atoms with Gasteiger partial charge in [-0.2, -0.15) is 0 Å². The van der Waals surface area contributed by atoms with Crippen LogP contribution >= 0.6 is 11.6 Å². The second kappa shape index (κ2) is 11.0. The van der Waals surface area contributed by atoms with Gasteiger partial charge in [-0.25, -0.2) is 13.2 Å². The molecule has 2 amide bonds. The first-order valence-electron chi connectivity index (χ1n) is 10.1. The Bertz CT molecular complexity index is 1240. The number of amides is 2. The summed E-state index contributed by atoms with van der Waals surface area (Å²) in [4.78, 5) is 38.0. The predicted octanol–water partition coefficient (Wildman–Crippen LogP) is 3.08. The maximum atomic E-state index is 13.7. The topological polar surface area (TPSA) is 79.7 Å². The standard InChI is InChI=1S/C24H19ClF3N3O3/c1-31(13-21(33)30-19-10-8-17(26)22(27)23(19)28)12-20(32)29-18-9-7-15(25)11-16(18)24(34)14-5-3-2-4-6-14/h2-11H,12-13H2,1H3,(H,29,32)(H,30,33)/p+1. The Morgan fingerprint density at radius 2 is 1.41 bits per heavy atom. The largest absolute Gasteiger partial charge is 0.322 e. The molecule has 0 heterocycles. The molecule has 0 aromatic heterocycles. The molecule has 0 radical (unpaired) electrons. The van der Waals surface area contributed by atoms with Crippen molar-refractivity contribution in [2.45, 2.75) is 0 Å². The van der Waals surface area contributed by atoms with E-state index < -0.39 is 35.0 Å². The molecule has 0 fully saturated rings. The van der Waals surface area contributed by atoms with Gasteiger partial charge in [0.1, 0.15) is 0 Å². The fraction of sp³-hybridized carbons (Fsp3) is 0.125. The predicted molar refractivity (Wildman–Crippen MR) is 122 cm³/mol.